The van der Waals surface area contributed by atoms with Crippen LogP contribution in [-0.4, -0.2) is 24.0 Å². The fourth-order valence-corrected chi connectivity index (χ4v) is 1.04. The molecule has 4 nitrogen and oxygen atoms in total. The number of rotatable bonds is 1. The van der Waals surface area contributed by atoms with Gasteiger partial charge in [-0.25, -0.2) is 4.79 Å². The standard InChI is InChI=1S/C6H11NO3/c8-6(9)10-5-3-1-2-4-7-5/h5,7H,1-4H2,(H,8,9). The Hall–Kier alpha value is -0.770. The smallest absolute Gasteiger partial charge is 0.450 e. The highest BCUT2D eigenvalue weighted by molar-refractivity contribution is 5.57. The van der Waals surface area contributed by atoms with Crippen LogP contribution >= 0.6 is 0 Å². The minimum Gasteiger partial charge on any atom is -0.450 e. The Kier molecular flexibility index (Phi) is 2.50. The highest BCUT2D eigenvalue weighted by Crippen LogP contribution is 2.07. The fourth-order valence-electron chi connectivity index (χ4n) is 1.04. The van der Waals surface area contributed by atoms with Gasteiger partial charge in [0.05, 0.1) is 0 Å². The molecule has 0 saturated carbocycles. The molecule has 1 aliphatic rings. The van der Waals surface area contributed by atoms with Crippen LogP contribution in [-0.2, 0) is 4.74 Å². The van der Waals surface area contributed by atoms with Crippen LogP contribution in [0.3, 0.4) is 0 Å². The largest absolute Gasteiger partial charge is 0.507 e. The van der Waals surface area contributed by atoms with E-state index in [1.807, 2.05) is 0 Å². The molecule has 1 unspecified atom stereocenters. The summed E-state index contributed by atoms with van der Waals surface area (Å²) in [5.74, 6) is 0. The maximum absolute atomic E-state index is 10.0. The molecule has 0 aromatic carbocycles. The predicted molar refractivity (Wildman–Crippen MR) is 34.8 cm³/mol. The number of piperidine rings is 1. The number of carbonyl (C=O) groups is 1. The number of carboxylic acid groups (broad SMARTS) is 1. The van der Waals surface area contributed by atoms with Crippen LogP contribution in [0, 0.1) is 0 Å². The molecule has 10 heavy (non-hydrogen) atoms. The molecule has 1 saturated heterocycles. The van der Waals surface area contributed by atoms with Gasteiger partial charge >= 0.3 is 6.16 Å². The van der Waals surface area contributed by atoms with Gasteiger partial charge < -0.3 is 9.84 Å². The Bertz CT molecular complexity index is 120. The zero-order valence-electron chi connectivity index (χ0n) is 5.67. The SMILES string of the molecule is O=C(O)OC1CCCCN1. The van der Waals surface area contributed by atoms with Crippen molar-refractivity contribution in [1.29, 1.82) is 0 Å². The van der Waals surface area contributed by atoms with Crippen LogP contribution in [0.5, 0.6) is 0 Å². The second kappa shape index (κ2) is 3.41. The predicted octanol–water partition coefficient (Wildman–Crippen LogP) is 0.781. The maximum Gasteiger partial charge on any atom is 0.507 e. The highest BCUT2D eigenvalue weighted by atomic mass is 16.7. The lowest BCUT2D eigenvalue weighted by molar-refractivity contribution is 0.0247. The molecule has 0 aliphatic carbocycles. The van der Waals surface area contributed by atoms with E-state index < -0.39 is 6.16 Å². The van der Waals surface area contributed by atoms with E-state index in [9.17, 15) is 4.79 Å². The van der Waals surface area contributed by atoms with E-state index in [0.29, 0.717) is 0 Å². The third kappa shape index (κ3) is 2.23. The average Bonchev–Trinajstić information content (AvgIpc) is 1.88. The Balaban J connectivity index is 2.19. The van der Waals surface area contributed by atoms with Crippen molar-refractivity contribution in [3.8, 4) is 0 Å². The van der Waals surface area contributed by atoms with E-state index in [4.69, 9.17) is 5.11 Å². The minimum absolute atomic E-state index is 0.272. The lowest BCUT2D eigenvalue weighted by Gasteiger charge is -2.21. The Morgan fingerprint density at radius 2 is 2.40 bits per heavy atom. The van der Waals surface area contributed by atoms with Gasteiger partial charge in [0.1, 0.15) is 0 Å². The molecular formula is C6H11NO3. The summed E-state index contributed by atoms with van der Waals surface area (Å²) in [6, 6.07) is 0. The summed E-state index contributed by atoms with van der Waals surface area (Å²) in [5.41, 5.74) is 0. The Morgan fingerprint density at radius 1 is 1.60 bits per heavy atom. The van der Waals surface area contributed by atoms with Gasteiger partial charge in [0.25, 0.3) is 0 Å². The number of hydrogen-bond acceptors (Lipinski definition) is 3. The normalized spacial score (nSPS) is 25.8. The molecule has 1 atom stereocenters. The number of ether oxygens (including phenoxy) is 1. The van der Waals surface area contributed by atoms with Crippen molar-refractivity contribution >= 4 is 6.16 Å². The summed E-state index contributed by atoms with van der Waals surface area (Å²) in [5, 5.41) is 11.2. The molecule has 1 heterocycles. The van der Waals surface area contributed by atoms with E-state index in [-0.39, 0.29) is 6.23 Å². The number of nitrogens with one attached hydrogen (secondary N) is 1. The van der Waals surface area contributed by atoms with Gasteiger partial charge in [-0.2, -0.15) is 0 Å². The van der Waals surface area contributed by atoms with Gasteiger partial charge in [0.15, 0.2) is 6.23 Å². The van der Waals surface area contributed by atoms with Crippen LogP contribution in [0.2, 0.25) is 0 Å². The van der Waals surface area contributed by atoms with E-state index >= 15 is 0 Å². The van der Waals surface area contributed by atoms with Crippen LogP contribution in [0.25, 0.3) is 0 Å². The highest BCUT2D eigenvalue weighted by Gasteiger charge is 2.15. The molecular weight excluding hydrogens is 134 g/mol. The van der Waals surface area contributed by atoms with Crippen molar-refractivity contribution in [1.82, 2.24) is 5.32 Å². The zero-order valence-corrected chi connectivity index (χ0v) is 5.67. The summed E-state index contributed by atoms with van der Waals surface area (Å²) >= 11 is 0. The molecule has 1 rings (SSSR count). The van der Waals surface area contributed by atoms with Crippen molar-refractivity contribution in [3.63, 3.8) is 0 Å². The van der Waals surface area contributed by atoms with Crippen LogP contribution in [0.15, 0.2) is 0 Å². The molecule has 0 bridgehead atoms. The van der Waals surface area contributed by atoms with Crippen LogP contribution in [0.1, 0.15) is 19.3 Å². The van der Waals surface area contributed by atoms with Crippen molar-refractivity contribution in [2.45, 2.75) is 25.5 Å². The summed E-state index contributed by atoms with van der Waals surface area (Å²) in [4.78, 5) is 10.0. The van der Waals surface area contributed by atoms with Gasteiger partial charge in [-0.15, -0.1) is 0 Å². The first kappa shape index (κ1) is 7.34. The monoisotopic (exact) mass is 145 g/mol. The summed E-state index contributed by atoms with van der Waals surface area (Å²) < 4.78 is 4.50. The van der Waals surface area contributed by atoms with Crippen LogP contribution < -0.4 is 5.32 Å². The Morgan fingerprint density at radius 3 is 2.90 bits per heavy atom. The summed E-state index contributed by atoms with van der Waals surface area (Å²) in [6.07, 6.45) is 1.49. The second-order valence-corrected chi connectivity index (χ2v) is 2.32. The lowest BCUT2D eigenvalue weighted by atomic mass is 10.1. The molecule has 0 spiro atoms. The van der Waals surface area contributed by atoms with Gasteiger partial charge in [-0.05, 0) is 25.8 Å². The molecule has 0 amide bonds. The van der Waals surface area contributed by atoms with Gasteiger partial charge in [0.2, 0.25) is 0 Å². The topological polar surface area (TPSA) is 58.6 Å². The first-order valence-electron chi connectivity index (χ1n) is 3.42. The van der Waals surface area contributed by atoms with Crippen molar-refractivity contribution in [2.75, 3.05) is 6.54 Å². The average molecular weight is 145 g/mol. The molecule has 58 valence electrons. The fraction of sp³-hybridized carbons (Fsp3) is 0.833. The van der Waals surface area contributed by atoms with Gasteiger partial charge in [0, 0.05) is 0 Å². The molecule has 0 aromatic heterocycles. The lowest BCUT2D eigenvalue weighted by Crippen LogP contribution is -2.37. The van der Waals surface area contributed by atoms with E-state index in [1.165, 1.54) is 0 Å². The molecule has 1 aliphatic heterocycles. The van der Waals surface area contributed by atoms with Crippen LogP contribution in [0.4, 0.5) is 4.79 Å². The summed E-state index contributed by atoms with van der Waals surface area (Å²) in [6.45, 7) is 0.859. The Labute approximate surface area is 59.2 Å². The van der Waals surface area contributed by atoms with E-state index in [1.54, 1.807) is 0 Å². The second-order valence-electron chi connectivity index (χ2n) is 2.32. The maximum atomic E-state index is 10.0. The molecule has 0 radical (unpaired) electrons. The van der Waals surface area contributed by atoms with E-state index in [0.717, 1.165) is 25.8 Å². The van der Waals surface area contributed by atoms with Crippen molar-refractivity contribution < 1.29 is 14.6 Å². The zero-order chi connectivity index (χ0) is 7.40. The minimum atomic E-state index is -1.19. The van der Waals surface area contributed by atoms with Crippen molar-refractivity contribution in [3.05, 3.63) is 0 Å². The first-order valence-corrected chi connectivity index (χ1v) is 3.42. The third-order valence-electron chi connectivity index (χ3n) is 1.51. The number of hydrogen-bond donors (Lipinski definition) is 2. The summed E-state index contributed by atoms with van der Waals surface area (Å²) in [7, 11) is 0. The first-order chi connectivity index (χ1) is 4.79. The third-order valence-corrected chi connectivity index (χ3v) is 1.51. The van der Waals surface area contributed by atoms with Crippen molar-refractivity contribution in [2.24, 2.45) is 0 Å². The molecule has 1 fully saturated rings. The quantitative estimate of drug-likeness (QED) is 0.535. The molecule has 0 aromatic rings. The van der Waals surface area contributed by atoms with Gasteiger partial charge in [-0.1, -0.05) is 0 Å². The molecule has 2 N–H and O–H groups in total. The van der Waals surface area contributed by atoms with E-state index in [2.05, 4.69) is 10.1 Å². The molecule has 4 heteroatoms. The van der Waals surface area contributed by atoms with Gasteiger partial charge in [-0.3, -0.25) is 5.32 Å².